The zero-order valence-electron chi connectivity index (χ0n) is 16.9. The number of fused-ring (bicyclic) bond motifs is 4. The van der Waals surface area contributed by atoms with Crippen LogP contribution >= 0.6 is 0 Å². The van der Waals surface area contributed by atoms with Gasteiger partial charge in [-0.2, -0.15) is 0 Å². The van der Waals surface area contributed by atoms with Gasteiger partial charge in [-0.3, -0.25) is 9.97 Å². The van der Waals surface area contributed by atoms with Crippen LogP contribution in [0.3, 0.4) is 0 Å². The van der Waals surface area contributed by atoms with Gasteiger partial charge in [0.05, 0.1) is 11.2 Å². The van der Waals surface area contributed by atoms with Crippen molar-refractivity contribution in [3.05, 3.63) is 71.1 Å². The van der Waals surface area contributed by atoms with Crippen molar-refractivity contribution in [1.82, 2.24) is 19.4 Å². The average molecular weight is 370 g/mol. The maximum Gasteiger partial charge on any atom is 0.146 e. The number of imidazole rings is 1. The van der Waals surface area contributed by atoms with E-state index in [0.29, 0.717) is 5.41 Å². The number of aromatic nitrogens is 4. The number of rotatable bonds is 3. The van der Waals surface area contributed by atoms with Gasteiger partial charge in [0.25, 0.3) is 0 Å². The van der Waals surface area contributed by atoms with Crippen molar-refractivity contribution in [2.24, 2.45) is 5.41 Å². The minimum atomic E-state index is 0.367. The predicted octanol–water partition coefficient (Wildman–Crippen LogP) is 4.89. The molecule has 4 nitrogen and oxygen atoms in total. The smallest absolute Gasteiger partial charge is 0.146 e. The van der Waals surface area contributed by atoms with Crippen molar-refractivity contribution in [3.8, 4) is 0 Å². The number of pyridine rings is 3. The first-order valence-corrected chi connectivity index (χ1v) is 10.2. The Balaban J connectivity index is 1.43. The topological polar surface area (TPSA) is 43.1 Å². The van der Waals surface area contributed by atoms with E-state index >= 15 is 0 Å². The summed E-state index contributed by atoms with van der Waals surface area (Å²) in [4.78, 5) is 14.4. The molecule has 4 heteroatoms. The molecule has 0 N–H and O–H groups in total. The van der Waals surface area contributed by atoms with Gasteiger partial charge < -0.3 is 4.40 Å². The molecule has 0 saturated heterocycles. The Labute approximate surface area is 165 Å². The Morgan fingerprint density at radius 3 is 2.86 bits per heavy atom. The summed E-state index contributed by atoms with van der Waals surface area (Å²) in [5.41, 5.74) is 8.63. The molecule has 0 atom stereocenters. The van der Waals surface area contributed by atoms with Gasteiger partial charge in [0.2, 0.25) is 0 Å². The Kier molecular flexibility index (Phi) is 3.97. The molecule has 0 aromatic carbocycles. The summed E-state index contributed by atoms with van der Waals surface area (Å²) in [7, 11) is 0. The van der Waals surface area contributed by atoms with Crippen LogP contribution in [-0.2, 0) is 25.7 Å². The molecular formula is C24H26N4. The first kappa shape index (κ1) is 17.4. The molecule has 5 rings (SSSR count). The number of aryl methyl sites for hydroxylation is 4. The van der Waals surface area contributed by atoms with Crippen molar-refractivity contribution < 1.29 is 0 Å². The van der Waals surface area contributed by atoms with Crippen molar-refractivity contribution in [2.45, 2.75) is 52.9 Å². The van der Waals surface area contributed by atoms with Crippen LogP contribution < -0.4 is 0 Å². The first-order chi connectivity index (χ1) is 13.5. The Bertz CT molecular complexity index is 1190. The van der Waals surface area contributed by atoms with Crippen molar-refractivity contribution >= 4 is 16.6 Å². The minimum Gasteiger partial charge on any atom is -0.303 e. The predicted molar refractivity (Wildman–Crippen MR) is 113 cm³/mol. The summed E-state index contributed by atoms with van der Waals surface area (Å²) in [5, 5.41) is 1.11. The van der Waals surface area contributed by atoms with E-state index in [4.69, 9.17) is 9.97 Å². The van der Waals surface area contributed by atoms with Gasteiger partial charge >= 0.3 is 0 Å². The summed E-state index contributed by atoms with van der Waals surface area (Å²) in [6.07, 6.45) is 9.24. The van der Waals surface area contributed by atoms with Crippen LogP contribution in [0.5, 0.6) is 0 Å². The van der Waals surface area contributed by atoms with Crippen molar-refractivity contribution in [1.29, 1.82) is 0 Å². The Morgan fingerprint density at radius 1 is 1.07 bits per heavy atom. The molecule has 0 saturated carbocycles. The minimum absolute atomic E-state index is 0.367. The summed E-state index contributed by atoms with van der Waals surface area (Å²) in [6.45, 7) is 6.85. The molecule has 0 spiro atoms. The van der Waals surface area contributed by atoms with Gasteiger partial charge in [0.15, 0.2) is 0 Å². The SMILES string of the molecule is Cc1c(CCc2ccc3c(n2)CC(C)(C)CC3)nc2c3cccnc3ccn12. The van der Waals surface area contributed by atoms with Crippen LogP contribution in [0.4, 0.5) is 0 Å². The normalized spacial score (nSPS) is 15.8. The second kappa shape index (κ2) is 6.40. The van der Waals surface area contributed by atoms with E-state index in [9.17, 15) is 0 Å². The van der Waals surface area contributed by atoms with E-state index in [-0.39, 0.29) is 0 Å². The lowest BCUT2D eigenvalue weighted by molar-refractivity contribution is 0.310. The highest BCUT2D eigenvalue weighted by Crippen LogP contribution is 2.33. The highest BCUT2D eigenvalue weighted by Gasteiger charge is 2.26. The lowest BCUT2D eigenvalue weighted by Crippen LogP contribution is -2.23. The van der Waals surface area contributed by atoms with Crippen molar-refractivity contribution in [2.75, 3.05) is 0 Å². The molecule has 1 aliphatic rings. The fraction of sp³-hybridized carbons (Fsp3) is 0.375. The van der Waals surface area contributed by atoms with Crippen LogP contribution in [0.1, 0.15) is 48.6 Å². The third-order valence-electron chi connectivity index (χ3n) is 6.17. The third-order valence-corrected chi connectivity index (χ3v) is 6.17. The third kappa shape index (κ3) is 2.97. The Morgan fingerprint density at radius 2 is 1.96 bits per heavy atom. The summed E-state index contributed by atoms with van der Waals surface area (Å²) < 4.78 is 2.18. The van der Waals surface area contributed by atoms with Gasteiger partial charge in [-0.25, -0.2) is 4.98 Å². The maximum absolute atomic E-state index is 5.01. The quantitative estimate of drug-likeness (QED) is 0.516. The molecule has 0 radical (unpaired) electrons. The summed E-state index contributed by atoms with van der Waals surface area (Å²) >= 11 is 0. The molecule has 4 aromatic heterocycles. The zero-order chi connectivity index (χ0) is 19.3. The lowest BCUT2D eigenvalue weighted by Gasteiger charge is -2.30. The molecule has 0 amide bonds. The monoisotopic (exact) mass is 370 g/mol. The molecule has 0 fully saturated rings. The van der Waals surface area contributed by atoms with Gasteiger partial charge in [-0.1, -0.05) is 19.9 Å². The molecule has 4 heterocycles. The molecule has 4 aromatic rings. The highest BCUT2D eigenvalue weighted by molar-refractivity contribution is 5.91. The van der Waals surface area contributed by atoms with Crippen LogP contribution in [0.15, 0.2) is 42.7 Å². The zero-order valence-corrected chi connectivity index (χ0v) is 16.9. The molecule has 0 unspecified atom stereocenters. The van der Waals surface area contributed by atoms with Gasteiger partial charge in [-0.05, 0) is 74.3 Å². The van der Waals surface area contributed by atoms with Crippen molar-refractivity contribution in [3.63, 3.8) is 0 Å². The molecule has 0 aliphatic heterocycles. The van der Waals surface area contributed by atoms with Gasteiger partial charge in [0.1, 0.15) is 5.65 Å². The highest BCUT2D eigenvalue weighted by atomic mass is 15.0. The van der Waals surface area contributed by atoms with Gasteiger partial charge in [-0.15, -0.1) is 0 Å². The van der Waals surface area contributed by atoms with E-state index < -0.39 is 0 Å². The Hall–Kier alpha value is -2.75. The fourth-order valence-electron chi connectivity index (χ4n) is 4.41. The molecule has 28 heavy (non-hydrogen) atoms. The van der Waals surface area contributed by atoms with Crippen LogP contribution in [0.2, 0.25) is 0 Å². The van der Waals surface area contributed by atoms with Crippen LogP contribution in [0.25, 0.3) is 16.6 Å². The van der Waals surface area contributed by atoms with Gasteiger partial charge in [0, 0.05) is 34.9 Å². The molecule has 0 bridgehead atoms. The van der Waals surface area contributed by atoms with Crippen LogP contribution in [0, 0.1) is 12.3 Å². The molecule has 1 aliphatic carbocycles. The maximum atomic E-state index is 5.01. The fourth-order valence-corrected chi connectivity index (χ4v) is 4.41. The van der Waals surface area contributed by atoms with E-state index in [1.807, 2.05) is 12.3 Å². The second-order valence-electron chi connectivity index (χ2n) is 8.84. The average Bonchev–Trinajstić information content (AvgIpc) is 3.01. The largest absolute Gasteiger partial charge is 0.303 e. The second-order valence-corrected chi connectivity index (χ2v) is 8.84. The first-order valence-electron chi connectivity index (χ1n) is 10.2. The van der Waals surface area contributed by atoms with E-state index in [1.54, 1.807) is 0 Å². The standard InChI is InChI=1S/C24H26N4/c1-16-20(27-23-19-5-4-13-25-21(19)11-14-28(16)23)9-8-18-7-6-17-10-12-24(2,3)15-22(17)26-18/h4-7,11,13-14H,8-10,12,15H2,1-3H3. The summed E-state index contributed by atoms with van der Waals surface area (Å²) in [5.74, 6) is 0. The summed E-state index contributed by atoms with van der Waals surface area (Å²) in [6, 6.07) is 10.6. The van der Waals surface area contributed by atoms with E-state index in [0.717, 1.165) is 47.9 Å². The molecular weight excluding hydrogens is 344 g/mol. The molecule has 142 valence electrons. The van der Waals surface area contributed by atoms with E-state index in [2.05, 4.69) is 60.6 Å². The van der Waals surface area contributed by atoms with Crippen LogP contribution in [-0.4, -0.2) is 19.4 Å². The number of hydrogen-bond donors (Lipinski definition) is 0. The number of hydrogen-bond acceptors (Lipinski definition) is 3. The number of nitrogens with zero attached hydrogens (tertiary/aromatic N) is 4. The lowest BCUT2D eigenvalue weighted by atomic mass is 9.76. The van der Waals surface area contributed by atoms with E-state index in [1.165, 1.54) is 29.1 Å².